The van der Waals surface area contributed by atoms with Gasteiger partial charge in [0.2, 0.25) is 0 Å². The minimum atomic E-state index is -4.38. The van der Waals surface area contributed by atoms with Gasteiger partial charge < -0.3 is 4.90 Å². The summed E-state index contributed by atoms with van der Waals surface area (Å²) in [4.78, 5) is 12.3. The lowest BCUT2D eigenvalue weighted by atomic mass is 10.1. The van der Waals surface area contributed by atoms with E-state index >= 15 is 0 Å². The number of carbonyl (C=O) groups excluding carboxylic acids is 1. The zero-order valence-corrected chi connectivity index (χ0v) is 10.0. The zero-order valence-electron chi connectivity index (χ0n) is 10.0. The van der Waals surface area contributed by atoms with Crippen LogP contribution in [0.4, 0.5) is 23.2 Å². The van der Waals surface area contributed by atoms with E-state index in [0.29, 0.717) is 0 Å². The maximum Gasteiger partial charge on any atom is 0.405 e. The summed E-state index contributed by atoms with van der Waals surface area (Å²) in [7, 11) is 0. The predicted molar refractivity (Wildman–Crippen MR) is 60.3 cm³/mol. The molecule has 1 rings (SSSR count). The fourth-order valence-corrected chi connectivity index (χ4v) is 1.65. The van der Waals surface area contributed by atoms with E-state index in [9.17, 15) is 22.4 Å². The Morgan fingerprint density at radius 3 is 2.39 bits per heavy atom. The molecule has 0 amide bonds. The van der Waals surface area contributed by atoms with Gasteiger partial charge in [-0.05, 0) is 32.0 Å². The Labute approximate surface area is 102 Å². The lowest BCUT2D eigenvalue weighted by molar-refractivity contribution is -0.119. The average Bonchev–Trinajstić information content (AvgIpc) is 2.24. The third-order valence-electron chi connectivity index (χ3n) is 2.43. The number of rotatable bonds is 4. The molecule has 0 atom stereocenters. The van der Waals surface area contributed by atoms with Gasteiger partial charge in [0.1, 0.15) is 12.4 Å². The minimum absolute atomic E-state index is 0.0406. The Balaban J connectivity index is 3.17. The Kier molecular flexibility index (Phi) is 4.32. The molecule has 2 nitrogen and oxygen atoms in total. The van der Waals surface area contributed by atoms with Gasteiger partial charge in [0.15, 0.2) is 5.78 Å². The molecule has 0 aliphatic carbocycles. The van der Waals surface area contributed by atoms with Crippen molar-refractivity contribution in [1.29, 1.82) is 0 Å². The summed E-state index contributed by atoms with van der Waals surface area (Å²) in [6, 6.07) is 3.19. The lowest BCUT2D eigenvalue weighted by Gasteiger charge is -2.26. The Morgan fingerprint density at radius 2 is 1.94 bits per heavy atom. The van der Waals surface area contributed by atoms with Crippen LogP contribution in [0.3, 0.4) is 0 Å². The third-order valence-corrected chi connectivity index (χ3v) is 2.43. The number of anilines is 1. The molecule has 1 aromatic rings. The van der Waals surface area contributed by atoms with Crippen molar-refractivity contribution >= 4 is 11.5 Å². The summed E-state index contributed by atoms with van der Waals surface area (Å²) in [6.45, 7) is 1.64. The van der Waals surface area contributed by atoms with Gasteiger partial charge in [-0.15, -0.1) is 0 Å². The smallest absolute Gasteiger partial charge is 0.362 e. The van der Waals surface area contributed by atoms with Crippen LogP contribution in [0.5, 0.6) is 0 Å². The molecule has 0 bridgehead atoms. The van der Waals surface area contributed by atoms with Gasteiger partial charge in [0, 0.05) is 17.8 Å². The van der Waals surface area contributed by atoms with Crippen molar-refractivity contribution in [3.05, 3.63) is 29.6 Å². The molecule has 1 aromatic carbocycles. The van der Waals surface area contributed by atoms with E-state index in [0.717, 1.165) is 17.0 Å². The molecule has 0 saturated carbocycles. The fourth-order valence-electron chi connectivity index (χ4n) is 1.65. The van der Waals surface area contributed by atoms with Crippen LogP contribution in [0.15, 0.2) is 18.2 Å². The fraction of sp³-hybridized carbons (Fsp3) is 0.417. The molecule has 0 aliphatic rings. The highest BCUT2D eigenvalue weighted by Crippen LogP contribution is 2.26. The molecule has 0 aliphatic heterocycles. The van der Waals surface area contributed by atoms with Gasteiger partial charge in [0.05, 0.1) is 0 Å². The number of benzene rings is 1. The van der Waals surface area contributed by atoms with Gasteiger partial charge in [-0.1, -0.05) is 0 Å². The molecule has 0 radical (unpaired) electrons. The van der Waals surface area contributed by atoms with Gasteiger partial charge >= 0.3 is 6.18 Å². The van der Waals surface area contributed by atoms with E-state index in [2.05, 4.69) is 0 Å². The Hall–Kier alpha value is -1.59. The van der Waals surface area contributed by atoms with E-state index < -0.39 is 24.3 Å². The maximum atomic E-state index is 13.0. The highest BCUT2D eigenvalue weighted by Gasteiger charge is 2.31. The monoisotopic (exact) mass is 263 g/mol. The highest BCUT2D eigenvalue weighted by atomic mass is 19.4. The third kappa shape index (κ3) is 3.72. The van der Waals surface area contributed by atoms with E-state index in [1.54, 1.807) is 6.92 Å². The van der Waals surface area contributed by atoms with E-state index in [4.69, 9.17) is 0 Å². The molecule has 0 spiro atoms. The van der Waals surface area contributed by atoms with Crippen LogP contribution in [0.2, 0.25) is 0 Å². The van der Waals surface area contributed by atoms with Crippen LogP contribution in [-0.4, -0.2) is 25.0 Å². The molecule has 0 fully saturated rings. The highest BCUT2D eigenvalue weighted by molar-refractivity contribution is 5.99. The second-order valence-corrected chi connectivity index (χ2v) is 3.85. The van der Waals surface area contributed by atoms with Crippen LogP contribution >= 0.6 is 0 Å². The van der Waals surface area contributed by atoms with Crippen LogP contribution in [0, 0.1) is 5.82 Å². The van der Waals surface area contributed by atoms with Crippen molar-refractivity contribution in [2.24, 2.45) is 0 Å². The largest absolute Gasteiger partial charge is 0.405 e. The number of halogens is 4. The summed E-state index contributed by atoms with van der Waals surface area (Å²) in [6.07, 6.45) is -4.38. The first-order valence-electron chi connectivity index (χ1n) is 5.36. The van der Waals surface area contributed by atoms with E-state index in [-0.39, 0.29) is 17.8 Å². The van der Waals surface area contributed by atoms with E-state index in [1.165, 1.54) is 13.0 Å². The minimum Gasteiger partial charge on any atom is -0.362 e. The molecule has 0 aromatic heterocycles. The molecular formula is C12H13F4NO. The molecule has 0 saturated heterocycles. The van der Waals surface area contributed by atoms with Gasteiger partial charge in [-0.2, -0.15) is 13.2 Å². The van der Waals surface area contributed by atoms with Crippen molar-refractivity contribution in [2.45, 2.75) is 20.0 Å². The van der Waals surface area contributed by atoms with Crippen LogP contribution in [-0.2, 0) is 0 Å². The Bertz CT molecular complexity index is 442. The predicted octanol–water partition coefficient (Wildman–Crippen LogP) is 3.42. The summed E-state index contributed by atoms with van der Waals surface area (Å²) in [5, 5.41) is 0. The molecule has 100 valence electrons. The molecule has 0 N–H and O–H groups in total. The number of ketones is 1. The number of carbonyl (C=O) groups is 1. The molecular weight excluding hydrogens is 250 g/mol. The van der Waals surface area contributed by atoms with Crippen molar-refractivity contribution < 1.29 is 22.4 Å². The normalized spacial score (nSPS) is 11.4. The average molecular weight is 263 g/mol. The number of nitrogens with zero attached hydrogens (tertiary/aromatic N) is 1. The molecule has 18 heavy (non-hydrogen) atoms. The van der Waals surface area contributed by atoms with Crippen molar-refractivity contribution in [2.75, 3.05) is 18.0 Å². The molecule has 0 unspecified atom stereocenters. The quantitative estimate of drug-likeness (QED) is 0.613. The first-order valence-corrected chi connectivity index (χ1v) is 5.36. The summed E-state index contributed by atoms with van der Waals surface area (Å²) in [5.41, 5.74) is 0.0600. The summed E-state index contributed by atoms with van der Waals surface area (Å²) in [5.74, 6) is -1.11. The number of hydrogen-bond acceptors (Lipinski definition) is 2. The second kappa shape index (κ2) is 5.37. The SMILES string of the molecule is CCN(CC(F)(F)F)c1ccc(F)cc1C(C)=O. The topological polar surface area (TPSA) is 20.3 Å². The summed E-state index contributed by atoms with van der Waals surface area (Å²) < 4.78 is 50.2. The molecule has 6 heteroatoms. The zero-order chi connectivity index (χ0) is 13.9. The van der Waals surface area contributed by atoms with Gasteiger partial charge in [-0.25, -0.2) is 4.39 Å². The van der Waals surface area contributed by atoms with Gasteiger partial charge in [0.25, 0.3) is 0 Å². The number of alkyl halides is 3. The maximum absolute atomic E-state index is 13.0. The van der Waals surface area contributed by atoms with Crippen LogP contribution < -0.4 is 4.90 Å². The Morgan fingerprint density at radius 1 is 1.33 bits per heavy atom. The number of Topliss-reactive ketones (excluding diaryl/α,β-unsaturated/α-hetero) is 1. The first kappa shape index (κ1) is 14.5. The van der Waals surface area contributed by atoms with Crippen molar-refractivity contribution in [3.8, 4) is 0 Å². The van der Waals surface area contributed by atoms with Crippen molar-refractivity contribution in [3.63, 3.8) is 0 Å². The van der Waals surface area contributed by atoms with Crippen LogP contribution in [0.25, 0.3) is 0 Å². The summed E-state index contributed by atoms with van der Waals surface area (Å²) >= 11 is 0. The molecule has 0 heterocycles. The second-order valence-electron chi connectivity index (χ2n) is 3.85. The van der Waals surface area contributed by atoms with E-state index in [1.807, 2.05) is 0 Å². The van der Waals surface area contributed by atoms with Crippen LogP contribution in [0.1, 0.15) is 24.2 Å². The first-order chi connectivity index (χ1) is 8.24. The van der Waals surface area contributed by atoms with Gasteiger partial charge in [-0.3, -0.25) is 4.79 Å². The number of hydrogen-bond donors (Lipinski definition) is 0. The lowest BCUT2D eigenvalue weighted by Crippen LogP contribution is -2.35. The van der Waals surface area contributed by atoms with Crippen molar-refractivity contribution in [1.82, 2.24) is 0 Å². The standard InChI is InChI=1S/C12H13F4NO/c1-3-17(7-12(14,15)16)11-5-4-9(13)6-10(11)8(2)18/h4-6H,3,7H2,1-2H3.